The second-order valence-corrected chi connectivity index (χ2v) is 4.28. The smallest absolute Gasteiger partial charge is 0.413 e. The van der Waals surface area contributed by atoms with Crippen LogP contribution in [0.5, 0.6) is 0 Å². The predicted molar refractivity (Wildman–Crippen MR) is 74.2 cm³/mol. The summed E-state index contributed by atoms with van der Waals surface area (Å²) in [7, 11) is 0. The Morgan fingerprint density at radius 3 is 2.90 bits per heavy atom. The fraction of sp³-hybridized carbons (Fsp3) is 0.286. The van der Waals surface area contributed by atoms with Crippen molar-refractivity contribution in [3.63, 3.8) is 0 Å². The molecule has 0 radical (unpaired) electrons. The molecule has 0 spiro atoms. The first-order chi connectivity index (χ1) is 9.79. The van der Waals surface area contributed by atoms with E-state index in [1.807, 2.05) is 30.3 Å². The summed E-state index contributed by atoms with van der Waals surface area (Å²) in [6.07, 6.45) is 2.35. The second kappa shape index (κ2) is 7.30. The SMILES string of the molecule is O=C(Nc1[nH]ncc1CCCO)OCc1ccccc1. The lowest BCUT2D eigenvalue weighted by molar-refractivity contribution is 0.155. The minimum atomic E-state index is -0.539. The Morgan fingerprint density at radius 1 is 1.35 bits per heavy atom. The number of aryl methyl sites for hydroxylation is 1. The van der Waals surface area contributed by atoms with Gasteiger partial charge in [0.25, 0.3) is 0 Å². The molecule has 1 aromatic heterocycles. The lowest BCUT2D eigenvalue weighted by Crippen LogP contribution is -2.15. The van der Waals surface area contributed by atoms with Crippen LogP contribution >= 0.6 is 0 Å². The molecule has 20 heavy (non-hydrogen) atoms. The van der Waals surface area contributed by atoms with Crippen LogP contribution in [-0.2, 0) is 17.8 Å². The lowest BCUT2D eigenvalue weighted by Gasteiger charge is -2.07. The molecule has 0 unspecified atom stereocenters. The molecule has 0 aliphatic rings. The summed E-state index contributed by atoms with van der Waals surface area (Å²) in [5, 5.41) is 18.0. The Kier molecular flexibility index (Phi) is 5.14. The summed E-state index contributed by atoms with van der Waals surface area (Å²) in [6.45, 7) is 0.315. The van der Waals surface area contributed by atoms with E-state index in [0.29, 0.717) is 18.7 Å². The molecule has 1 heterocycles. The van der Waals surface area contributed by atoms with Crippen molar-refractivity contribution in [3.8, 4) is 0 Å². The molecule has 2 aromatic rings. The van der Waals surface area contributed by atoms with Gasteiger partial charge in [-0.05, 0) is 18.4 Å². The summed E-state index contributed by atoms with van der Waals surface area (Å²) < 4.78 is 5.11. The number of hydrogen-bond donors (Lipinski definition) is 3. The molecular formula is C14H17N3O3. The Balaban J connectivity index is 1.84. The molecule has 0 fully saturated rings. The quantitative estimate of drug-likeness (QED) is 0.753. The number of rotatable bonds is 6. The largest absolute Gasteiger partial charge is 0.444 e. The minimum Gasteiger partial charge on any atom is -0.444 e. The maximum atomic E-state index is 11.7. The Labute approximate surface area is 116 Å². The highest BCUT2D eigenvalue weighted by Crippen LogP contribution is 2.13. The van der Waals surface area contributed by atoms with Crippen molar-refractivity contribution in [1.82, 2.24) is 10.2 Å². The van der Waals surface area contributed by atoms with E-state index in [-0.39, 0.29) is 13.2 Å². The molecule has 1 amide bonds. The van der Waals surface area contributed by atoms with Crippen molar-refractivity contribution in [2.45, 2.75) is 19.4 Å². The molecule has 0 saturated carbocycles. The predicted octanol–water partition coefficient (Wildman–Crippen LogP) is 2.08. The fourth-order valence-electron chi connectivity index (χ4n) is 1.74. The number of H-pyrrole nitrogens is 1. The third-order valence-electron chi connectivity index (χ3n) is 2.76. The third-order valence-corrected chi connectivity index (χ3v) is 2.76. The molecule has 0 aliphatic carbocycles. The normalized spacial score (nSPS) is 10.2. The number of hydrogen-bond acceptors (Lipinski definition) is 4. The fourth-order valence-corrected chi connectivity index (χ4v) is 1.74. The van der Waals surface area contributed by atoms with Gasteiger partial charge < -0.3 is 9.84 Å². The van der Waals surface area contributed by atoms with Gasteiger partial charge in [-0.1, -0.05) is 30.3 Å². The number of aliphatic hydroxyl groups excluding tert-OH is 1. The summed E-state index contributed by atoms with van der Waals surface area (Å²) in [6, 6.07) is 9.45. The van der Waals surface area contributed by atoms with Gasteiger partial charge in [-0.25, -0.2) is 4.79 Å². The van der Waals surface area contributed by atoms with Crippen molar-refractivity contribution in [1.29, 1.82) is 0 Å². The van der Waals surface area contributed by atoms with E-state index in [1.165, 1.54) is 0 Å². The van der Waals surface area contributed by atoms with Gasteiger partial charge in [0.1, 0.15) is 12.4 Å². The number of nitrogens with zero attached hydrogens (tertiary/aromatic N) is 1. The van der Waals surface area contributed by atoms with Gasteiger partial charge in [0.15, 0.2) is 0 Å². The van der Waals surface area contributed by atoms with Crippen LogP contribution in [0.25, 0.3) is 0 Å². The number of ether oxygens (including phenoxy) is 1. The van der Waals surface area contributed by atoms with E-state index in [1.54, 1.807) is 6.20 Å². The highest BCUT2D eigenvalue weighted by molar-refractivity contribution is 5.84. The number of amides is 1. The molecule has 0 aliphatic heterocycles. The molecule has 0 atom stereocenters. The topological polar surface area (TPSA) is 87.2 Å². The van der Waals surface area contributed by atoms with E-state index >= 15 is 0 Å². The number of benzene rings is 1. The standard InChI is InChI=1S/C14H17N3O3/c18-8-4-7-12-9-15-17-13(12)16-14(19)20-10-11-5-2-1-3-6-11/h1-3,5-6,9,18H,4,7-8,10H2,(H2,15,16,17,19). The Bertz CT molecular complexity index is 540. The van der Waals surface area contributed by atoms with Gasteiger partial charge in [0, 0.05) is 12.2 Å². The van der Waals surface area contributed by atoms with Crippen LogP contribution in [0.3, 0.4) is 0 Å². The number of aromatic amines is 1. The summed E-state index contributed by atoms with van der Waals surface area (Å²) >= 11 is 0. The average Bonchev–Trinajstić information content (AvgIpc) is 2.91. The summed E-state index contributed by atoms with van der Waals surface area (Å²) in [5.74, 6) is 0.511. The van der Waals surface area contributed by atoms with Crippen LogP contribution in [0, 0.1) is 0 Å². The first-order valence-electron chi connectivity index (χ1n) is 6.40. The van der Waals surface area contributed by atoms with Crippen LogP contribution in [0.2, 0.25) is 0 Å². The summed E-state index contributed by atoms with van der Waals surface area (Å²) in [5.41, 5.74) is 1.77. The molecule has 106 valence electrons. The molecular weight excluding hydrogens is 258 g/mol. The maximum Gasteiger partial charge on any atom is 0.413 e. The zero-order valence-corrected chi connectivity index (χ0v) is 11.0. The van der Waals surface area contributed by atoms with Crippen LogP contribution in [0.1, 0.15) is 17.5 Å². The number of anilines is 1. The van der Waals surface area contributed by atoms with Crippen LogP contribution in [0.4, 0.5) is 10.6 Å². The van der Waals surface area contributed by atoms with Crippen LogP contribution in [-0.4, -0.2) is 28.0 Å². The monoisotopic (exact) mass is 275 g/mol. The van der Waals surface area contributed by atoms with Crippen molar-refractivity contribution >= 4 is 11.9 Å². The highest BCUT2D eigenvalue weighted by Gasteiger charge is 2.09. The van der Waals surface area contributed by atoms with Crippen molar-refractivity contribution < 1.29 is 14.6 Å². The molecule has 0 saturated heterocycles. The number of aromatic nitrogens is 2. The average molecular weight is 275 g/mol. The molecule has 3 N–H and O–H groups in total. The zero-order valence-electron chi connectivity index (χ0n) is 11.0. The third kappa shape index (κ3) is 4.10. The molecule has 0 bridgehead atoms. The number of aliphatic hydroxyl groups is 1. The van der Waals surface area contributed by atoms with E-state index in [2.05, 4.69) is 15.5 Å². The van der Waals surface area contributed by atoms with E-state index in [4.69, 9.17) is 9.84 Å². The van der Waals surface area contributed by atoms with Crippen molar-refractivity contribution in [2.24, 2.45) is 0 Å². The van der Waals surface area contributed by atoms with E-state index in [0.717, 1.165) is 11.1 Å². The van der Waals surface area contributed by atoms with Gasteiger partial charge in [-0.3, -0.25) is 10.4 Å². The molecule has 2 rings (SSSR count). The van der Waals surface area contributed by atoms with Crippen molar-refractivity contribution in [3.05, 3.63) is 47.7 Å². The Hall–Kier alpha value is -2.34. The Morgan fingerprint density at radius 2 is 2.15 bits per heavy atom. The molecule has 6 heteroatoms. The van der Waals surface area contributed by atoms with Gasteiger partial charge in [0.2, 0.25) is 0 Å². The minimum absolute atomic E-state index is 0.100. The molecule has 6 nitrogen and oxygen atoms in total. The highest BCUT2D eigenvalue weighted by atomic mass is 16.5. The van der Waals surface area contributed by atoms with Gasteiger partial charge in [-0.15, -0.1) is 0 Å². The first-order valence-corrected chi connectivity index (χ1v) is 6.40. The van der Waals surface area contributed by atoms with Gasteiger partial charge in [0.05, 0.1) is 6.20 Å². The van der Waals surface area contributed by atoms with E-state index in [9.17, 15) is 4.79 Å². The maximum absolute atomic E-state index is 11.7. The first kappa shape index (κ1) is 14.1. The second-order valence-electron chi connectivity index (χ2n) is 4.28. The van der Waals surface area contributed by atoms with E-state index < -0.39 is 6.09 Å². The zero-order chi connectivity index (χ0) is 14.2. The van der Waals surface area contributed by atoms with Gasteiger partial charge in [-0.2, -0.15) is 5.10 Å². The lowest BCUT2D eigenvalue weighted by atomic mass is 10.2. The van der Waals surface area contributed by atoms with Crippen molar-refractivity contribution in [2.75, 3.05) is 11.9 Å². The number of nitrogens with one attached hydrogen (secondary N) is 2. The number of carbonyl (C=O) groups excluding carboxylic acids is 1. The van der Waals surface area contributed by atoms with Crippen LogP contribution < -0.4 is 5.32 Å². The van der Waals surface area contributed by atoms with Gasteiger partial charge >= 0.3 is 6.09 Å². The number of carbonyl (C=O) groups is 1. The summed E-state index contributed by atoms with van der Waals surface area (Å²) in [4.78, 5) is 11.7. The molecule has 1 aromatic carbocycles. The van der Waals surface area contributed by atoms with Crippen LogP contribution in [0.15, 0.2) is 36.5 Å².